The van der Waals surface area contributed by atoms with Crippen LogP contribution >= 0.6 is 0 Å². The van der Waals surface area contributed by atoms with Crippen LogP contribution in [0.2, 0.25) is 0 Å². The fourth-order valence-electron chi connectivity index (χ4n) is 3.26. The van der Waals surface area contributed by atoms with Gasteiger partial charge in [0.2, 0.25) is 0 Å². The van der Waals surface area contributed by atoms with Gasteiger partial charge in [0.05, 0.1) is 0 Å². The summed E-state index contributed by atoms with van der Waals surface area (Å²) in [5.74, 6) is 0.713. The fraction of sp³-hybridized carbons (Fsp3) is 0.667. The fourth-order valence-corrected chi connectivity index (χ4v) is 3.26. The minimum Gasteiger partial charge on any atom is -0.329 e. The molecule has 0 aliphatic carbocycles. The molecule has 20 heavy (non-hydrogen) atoms. The summed E-state index contributed by atoms with van der Waals surface area (Å²) < 4.78 is 0. The van der Waals surface area contributed by atoms with Gasteiger partial charge >= 0.3 is 0 Å². The molecule has 112 valence electrons. The van der Waals surface area contributed by atoms with Crippen molar-refractivity contribution in [2.24, 2.45) is 17.1 Å². The van der Waals surface area contributed by atoms with E-state index in [1.165, 1.54) is 24.1 Å². The van der Waals surface area contributed by atoms with Crippen molar-refractivity contribution >= 4 is 0 Å². The molecular weight excluding hydrogens is 244 g/mol. The van der Waals surface area contributed by atoms with Crippen LogP contribution in [0.1, 0.15) is 51.3 Å². The first kappa shape index (κ1) is 15.5. The Morgan fingerprint density at radius 3 is 2.30 bits per heavy atom. The molecule has 0 saturated carbocycles. The second kappa shape index (κ2) is 6.28. The summed E-state index contributed by atoms with van der Waals surface area (Å²) in [5.41, 5.74) is 9.29. The molecule has 2 heteroatoms. The predicted molar refractivity (Wildman–Crippen MR) is 86.8 cm³/mol. The van der Waals surface area contributed by atoms with Crippen molar-refractivity contribution in [1.29, 1.82) is 0 Å². The molecule has 1 aliphatic rings. The van der Waals surface area contributed by atoms with Gasteiger partial charge in [-0.1, -0.05) is 52.0 Å². The Bertz CT molecular complexity index is 420. The maximum absolute atomic E-state index is 6.05. The van der Waals surface area contributed by atoms with Crippen molar-refractivity contribution in [1.82, 2.24) is 4.90 Å². The van der Waals surface area contributed by atoms with Crippen LogP contribution in [0.4, 0.5) is 0 Å². The highest BCUT2D eigenvalue weighted by molar-refractivity contribution is 5.26. The number of nitrogens with zero attached hydrogens (tertiary/aromatic N) is 1. The Morgan fingerprint density at radius 1 is 1.20 bits per heavy atom. The summed E-state index contributed by atoms with van der Waals surface area (Å²) >= 11 is 0. The zero-order chi connectivity index (χ0) is 14.8. The third-order valence-corrected chi connectivity index (χ3v) is 4.38. The topological polar surface area (TPSA) is 29.3 Å². The second-order valence-electron chi connectivity index (χ2n) is 7.48. The summed E-state index contributed by atoms with van der Waals surface area (Å²) in [6, 6.07) is 9.49. The van der Waals surface area contributed by atoms with Crippen LogP contribution in [0.3, 0.4) is 0 Å². The Balaban J connectivity index is 2.08. The molecule has 2 nitrogen and oxygen atoms in total. The van der Waals surface area contributed by atoms with Gasteiger partial charge in [-0.25, -0.2) is 0 Å². The number of rotatable bonds is 5. The van der Waals surface area contributed by atoms with Gasteiger partial charge < -0.3 is 5.73 Å². The predicted octanol–water partition coefficient (Wildman–Crippen LogP) is 3.62. The third kappa shape index (κ3) is 3.83. The lowest BCUT2D eigenvalue weighted by molar-refractivity contribution is 0.223. The average molecular weight is 274 g/mol. The quantitative estimate of drug-likeness (QED) is 0.888. The van der Waals surface area contributed by atoms with E-state index in [2.05, 4.69) is 56.9 Å². The van der Waals surface area contributed by atoms with Crippen LogP contribution in [-0.2, 0) is 6.42 Å². The molecule has 1 fully saturated rings. The molecule has 1 atom stereocenters. The first-order valence-electron chi connectivity index (χ1n) is 7.94. The summed E-state index contributed by atoms with van der Waals surface area (Å²) in [5, 5.41) is 0. The molecule has 0 spiro atoms. The van der Waals surface area contributed by atoms with Crippen molar-refractivity contribution in [3.63, 3.8) is 0 Å². The minimum atomic E-state index is 0.380. The monoisotopic (exact) mass is 274 g/mol. The molecule has 2 N–H and O–H groups in total. The Morgan fingerprint density at radius 2 is 1.85 bits per heavy atom. The van der Waals surface area contributed by atoms with E-state index in [-0.39, 0.29) is 0 Å². The highest BCUT2D eigenvalue weighted by Crippen LogP contribution is 2.34. The number of hydrogen-bond acceptors (Lipinski definition) is 2. The summed E-state index contributed by atoms with van der Waals surface area (Å²) in [7, 11) is 0. The van der Waals surface area contributed by atoms with E-state index in [4.69, 9.17) is 5.73 Å². The SMILES string of the molecule is CC(C)Cc1ccc(C(CN)N2CCC(C)(C)C2)cc1. The van der Waals surface area contributed by atoms with Gasteiger partial charge in [0.25, 0.3) is 0 Å². The lowest BCUT2D eigenvalue weighted by Crippen LogP contribution is -2.33. The van der Waals surface area contributed by atoms with E-state index in [1.807, 2.05) is 0 Å². The third-order valence-electron chi connectivity index (χ3n) is 4.38. The molecule has 2 rings (SSSR count). The van der Waals surface area contributed by atoms with E-state index in [0.717, 1.165) is 13.0 Å². The van der Waals surface area contributed by atoms with Crippen LogP contribution in [0.5, 0.6) is 0 Å². The lowest BCUT2D eigenvalue weighted by atomic mass is 9.93. The van der Waals surface area contributed by atoms with Crippen molar-refractivity contribution < 1.29 is 0 Å². The van der Waals surface area contributed by atoms with E-state index >= 15 is 0 Å². The van der Waals surface area contributed by atoms with E-state index < -0.39 is 0 Å². The van der Waals surface area contributed by atoms with E-state index in [1.54, 1.807) is 0 Å². The molecule has 1 aromatic rings. The molecule has 0 aromatic heterocycles. The van der Waals surface area contributed by atoms with Gasteiger partial charge in [-0.2, -0.15) is 0 Å². The normalized spacial score (nSPS) is 20.5. The van der Waals surface area contributed by atoms with Crippen molar-refractivity contribution in [2.75, 3.05) is 19.6 Å². The van der Waals surface area contributed by atoms with E-state index in [9.17, 15) is 0 Å². The molecule has 0 amide bonds. The molecule has 0 bridgehead atoms. The maximum Gasteiger partial charge on any atom is 0.0470 e. The van der Waals surface area contributed by atoms with Crippen molar-refractivity contribution in [2.45, 2.75) is 46.6 Å². The molecule has 1 saturated heterocycles. The van der Waals surface area contributed by atoms with Crippen LogP contribution < -0.4 is 5.73 Å². The number of nitrogens with two attached hydrogens (primary N) is 1. The summed E-state index contributed by atoms with van der Waals surface area (Å²) in [6.45, 7) is 12.3. The summed E-state index contributed by atoms with van der Waals surface area (Å²) in [6.07, 6.45) is 2.43. The van der Waals surface area contributed by atoms with Gasteiger partial charge in [-0.15, -0.1) is 0 Å². The van der Waals surface area contributed by atoms with Crippen LogP contribution in [0.25, 0.3) is 0 Å². The zero-order valence-electron chi connectivity index (χ0n) is 13.5. The Kier molecular flexibility index (Phi) is 4.87. The second-order valence-corrected chi connectivity index (χ2v) is 7.48. The standard InChI is InChI=1S/C18H30N2/c1-14(2)11-15-5-7-16(8-6-15)17(12-19)20-10-9-18(3,4)13-20/h5-8,14,17H,9-13,19H2,1-4H3. The number of likely N-dealkylation sites (tertiary alicyclic amines) is 1. The largest absolute Gasteiger partial charge is 0.329 e. The smallest absolute Gasteiger partial charge is 0.0470 e. The van der Waals surface area contributed by atoms with Crippen molar-refractivity contribution in [3.8, 4) is 0 Å². The van der Waals surface area contributed by atoms with Crippen LogP contribution in [-0.4, -0.2) is 24.5 Å². The van der Waals surface area contributed by atoms with Gasteiger partial charge in [-0.3, -0.25) is 4.90 Å². The van der Waals surface area contributed by atoms with Gasteiger partial charge in [0, 0.05) is 19.1 Å². The van der Waals surface area contributed by atoms with Gasteiger partial charge in [0.15, 0.2) is 0 Å². The first-order valence-corrected chi connectivity index (χ1v) is 7.94. The first-order chi connectivity index (χ1) is 9.41. The highest BCUT2D eigenvalue weighted by atomic mass is 15.2. The van der Waals surface area contributed by atoms with Gasteiger partial charge in [0.1, 0.15) is 0 Å². The van der Waals surface area contributed by atoms with E-state index in [0.29, 0.717) is 23.9 Å². The molecular formula is C18H30N2. The Hall–Kier alpha value is -0.860. The Labute approximate surface area is 124 Å². The summed E-state index contributed by atoms with van der Waals surface area (Å²) in [4.78, 5) is 2.55. The highest BCUT2D eigenvalue weighted by Gasteiger charge is 2.33. The van der Waals surface area contributed by atoms with Crippen molar-refractivity contribution in [3.05, 3.63) is 35.4 Å². The maximum atomic E-state index is 6.05. The molecule has 1 unspecified atom stereocenters. The molecule has 1 aromatic carbocycles. The molecule has 1 aliphatic heterocycles. The van der Waals surface area contributed by atoms with Gasteiger partial charge in [-0.05, 0) is 41.8 Å². The minimum absolute atomic E-state index is 0.380. The van der Waals surface area contributed by atoms with Crippen LogP contribution in [0.15, 0.2) is 24.3 Å². The van der Waals surface area contributed by atoms with Crippen LogP contribution in [0, 0.1) is 11.3 Å². The molecule has 0 radical (unpaired) electrons. The number of benzene rings is 1. The molecule has 1 heterocycles. The zero-order valence-corrected chi connectivity index (χ0v) is 13.5. The average Bonchev–Trinajstić information content (AvgIpc) is 2.72. The number of hydrogen-bond donors (Lipinski definition) is 1. The lowest BCUT2D eigenvalue weighted by Gasteiger charge is -2.28.